The van der Waals surface area contributed by atoms with Crippen LogP contribution in [0, 0.1) is 5.82 Å². The maximum absolute atomic E-state index is 13.0. The zero-order valence-electron chi connectivity index (χ0n) is 17.3. The van der Waals surface area contributed by atoms with Crippen LogP contribution in [0.1, 0.15) is 41.3 Å². The van der Waals surface area contributed by atoms with Gasteiger partial charge in [-0.15, -0.1) is 13.2 Å². The Morgan fingerprint density at radius 1 is 1.09 bits per heavy atom. The molecule has 0 atom stereocenters. The van der Waals surface area contributed by atoms with Crippen LogP contribution in [0.5, 0.6) is 5.75 Å². The summed E-state index contributed by atoms with van der Waals surface area (Å²) in [4.78, 5) is 16.9. The second-order valence-electron chi connectivity index (χ2n) is 7.32. The Morgan fingerprint density at radius 2 is 1.81 bits per heavy atom. The van der Waals surface area contributed by atoms with E-state index >= 15 is 0 Å². The van der Waals surface area contributed by atoms with Gasteiger partial charge in [0.1, 0.15) is 17.4 Å². The number of carbonyl (C=O) groups excluding carboxylic acids is 1. The lowest BCUT2D eigenvalue weighted by molar-refractivity contribution is -0.274. The van der Waals surface area contributed by atoms with Crippen molar-refractivity contribution in [2.45, 2.75) is 32.7 Å². The van der Waals surface area contributed by atoms with Gasteiger partial charge in [-0.2, -0.15) is 0 Å². The molecule has 3 aromatic rings. The van der Waals surface area contributed by atoms with Crippen LogP contribution >= 0.6 is 0 Å². The molecule has 168 valence electrons. The number of aromatic nitrogens is 1. The molecular formula is C23H21F4N3O2. The quantitative estimate of drug-likeness (QED) is 0.442. The molecule has 0 unspecified atom stereocenters. The fraction of sp³-hybridized carbons (Fsp3) is 0.217. The van der Waals surface area contributed by atoms with Crippen LogP contribution in [0.4, 0.5) is 29.1 Å². The Kier molecular flexibility index (Phi) is 6.97. The first-order valence-corrected chi connectivity index (χ1v) is 9.76. The number of rotatable bonds is 7. The number of benzene rings is 2. The molecule has 3 rings (SSSR count). The number of anilines is 2. The highest BCUT2D eigenvalue weighted by molar-refractivity contribution is 5.95. The SMILES string of the molecule is CC(C)c1cc(Nc2cccc(OC(F)(F)F)c2)ncc1C(=O)NCc1ccc(F)cc1. The minimum absolute atomic E-state index is 0.0231. The molecule has 1 aromatic heterocycles. The van der Waals surface area contributed by atoms with Crippen molar-refractivity contribution >= 4 is 17.4 Å². The standard InChI is InChI=1S/C23H21F4N3O2/c1-14(2)19-11-21(30-17-4-3-5-18(10-17)32-23(25,26)27)28-13-20(19)22(31)29-12-15-6-8-16(24)9-7-15/h3-11,13-14H,12H2,1-2H3,(H,28,30)(H,29,31). The summed E-state index contributed by atoms with van der Waals surface area (Å²) in [5.74, 6) is -0.705. The molecule has 0 bridgehead atoms. The summed E-state index contributed by atoms with van der Waals surface area (Å²) in [6.45, 7) is 4.05. The number of halogens is 4. The first-order valence-electron chi connectivity index (χ1n) is 9.76. The van der Waals surface area contributed by atoms with E-state index < -0.39 is 6.36 Å². The Balaban J connectivity index is 1.75. The first kappa shape index (κ1) is 23.1. The summed E-state index contributed by atoms with van der Waals surface area (Å²) < 4.78 is 54.3. The van der Waals surface area contributed by atoms with Crippen molar-refractivity contribution < 1.29 is 27.1 Å². The molecule has 0 radical (unpaired) electrons. The van der Waals surface area contributed by atoms with Gasteiger partial charge in [0.2, 0.25) is 0 Å². The predicted octanol–water partition coefficient (Wildman–Crippen LogP) is 5.92. The van der Waals surface area contributed by atoms with Crippen LogP contribution in [-0.4, -0.2) is 17.3 Å². The number of carbonyl (C=O) groups is 1. The number of nitrogens with zero attached hydrogens (tertiary/aromatic N) is 1. The van der Waals surface area contributed by atoms with Crippen LogP contribution in [-0.2, 0) is 6.54 Å². The van der Waals surface area contributed by atoms with Crippen LogP contribution in [0.15, 0.2) is 60.8 Å². The van der Waals surface area contributed by atoms with E-state index in [1.807, 2.05) is 13.8 Å². The number of nitrogens with one attached hydrogen (secondary N) is 2. The predicted molar refractivity (Wildman–Crippen MR) is 112 cm³/mol. The molecule has 0 spiro atoms. The monoisotopic (exact) mass is 447 g/mol. The summed E-state index contributed by atoms with van der Waals surface area (Å²) in [5.41, 5.74) is 2.18. The van der Waals surface area contributed by atoms with Gasteiger partial charge in [-0.3, -0.25) is 4.79 Å². The molecule has 32 heavy (non-hydrogen) atoms. The molecule has 1 amide bonds. The maximum atomic E-state index is 13.0. The third-order valence-corrected chi connectivity index (χ3v) is 4.51. The third kappa shape index (κ3) is 6.44. The van der Waals surface area contributed by atoms with E-state index in [4.69, 9.17) is 0 Å². The smallest absolute Gasteiger partial charge is 0.406 e. The van der Waals surface area contributed by atoms with Gasteiger partial charge in [-0.1, -0.05) is 32.0 Å². The van der Waals surface area contributed by atoms with E-state index in [9.17, 15) is 22.4 Å². The highest BCUT2D eigenvalue weighted by Crippen LogP contribution is 2.28. The molecule has 0 fully saturated rings. The fourth-order valence-corrected chi connectivity index (χ4v) is 3.01. The van der Waals surface area contributed by atoms with Gasteiger partial charge in [0.25, 0.3) is 5.91 Å². The van der Waals surface area contributed by atoms with E-state index in [0.717, 1.165) is 5.56 Å². The van der Waals surface area contributed by atoms with Gasteiger partial charge in [-0.25, -0.2) is 9.37 Å². The first-order chi connectivity index (χ1) is 15.1. The van der Waals surface area contributed by atoms with Crippen molar-refractivity contribution in [3.63, 3.8) is 0 Å². The molecule has 0 aliphatic heterocycles. The Bertz CT molecular complexity index is 1080. The van der Waals surface area contributed by atoms with Crippen LogP contribution in [0.2, 0.25) is 0 Å². The van der Waals surface area contributed by atoms with E-state index in [1.165, 1.54) is 36.5 Å². The summed E-state index contributed by atoms with van der Waals surface area (Å²) >= 11 is 0. The van der Waals surface area contributed by atoms with E-state index in [-0.39, 0.29) is 29.9 Å². The highest BCUT2D eigenvalue weighted by Gasteiger charge is 2.31. The third-order valence-electron chi connectivity index (χ3n) is 4.51. The number of hydrogen-bond donors (Lipinski definition) is 2. The molecule has 0 saturated heterocycles. The largest absolute Gasteiger partial charge is 0.573 e. The van der Waals surface area contributed by atoms with Gasteiger partial charge < -0.3 is 15.4 Å². The Labute approximate surface area is 182 Å². The number of pyridine rings is 1. The lowest BCUT2D eigenvalue weighted by Crippen LogP contribution is -2.24. The fourth-order valence-electron chi connectivity index (χ4n) is 3.01. The van der Waals surface area contributed by atoms with Gasteiger partial charge >= 0.3 is 6.36 Å². The molecule has 9 heteroatoms. The van der Waals surface area contributed by atoms with E-state index in [1.54, 1.807) is 24.3 Å². The number of ether oxygens (including phenoxy) is 1. The summed E-state index contributed by atoms with van der Waals surface area (Å²) in [5, 5.41) is 5.71. The van der Waals surface area contributed by atoms with Crippen molar-refractivity contribution in [1.82, 2.24) is 10.3 Å². The zero-order valence-corrected chi connectivity index (χ0v) is 17.3. The summed E-state index contributed by atoms with van der Waals surface area (Å²) in [6, 6.07) is 12.9. The van der Waals surface area contributed by atoms with E-state index in [2.05, 4.69) is 20.4 Å². The normalized spacial score (nSPS) is 11.3. The molecule has 0 aliphatic carbocycles. The van der Waals surface area contributed by atoms with Gasteiger partial charge in [0.15, 0.2) is 0 Å². The summed E-state index contributed by atoms with van der Waals surface area (Å²) in [6.07, 6.45) is -3.38. The average Bonchev–Trinajstić information content (AvgIpc) is 2.72. The van der Waals surface area contributed by atoms with Gasteiger partial charge in [0, 0.05) is 24.5 Å². The lowest BCUT2D eigenvalue weighted by Gasteiger charge is -2.15. The number of hydrogen-bond acceptors (Lipinski definition) is 4. The highest BCUT2D eigenvalue weighted by atomic mass is 19.4. The van der Waals surface area contributed by atoms with Crippen LogP contribution in [0.25, 0.3) is 0 Å². The average molecular weight is 447 g/mol. The van der Waals surface area contributed by atoms with Crippen molar-refractivity contribution in [2.75, 3.05) is 5.32 Å². The van der Waals surface area contributed by atoms with Gasteiger partial charge in [-0.05, 0) is 47.4 Å². The molecule has 0 saturated carbocycles. The van der Waals surface area contributed by atoms with Crippen LogP contribution in [0.3, 0.4) is 0 Å². The van der Waals surface area contributed by atoms with Crippen molar-refractivity contribution in [3.05, 3.63) is 83.3 Å². The van der Waals surface area contributed by atoms with Crippen molar-refractivity contribution in [3.8, 4) is 5.75 Å². The molecule has 2 aromatic carbocycles. The van der Waals surface area contributed by atoms with Gasteiger partial charge in [0.05, 0.1) is 5.56 Å². The number of amides is 1. The molecular weight excluding hydrogens is 426 g/mol. The minimum Gasteiger partial charge on any atom is -0.406 e. The minimum atomic E-state index is -4.79. The molecule has 0 aliphatic rings. The Morgan fingerprint density at radius 3 is 2.47 bits per heavy atom. The zero-order chi connectivity index (χ0) is 23.3. The van der Waals surface area contributed by atoms with Crippen LogP contribution < -0.4 is 15.4 Å². The van der Waals surface area contributed by atoms with E-state index in [0.29, 0.717) is 22.6 Å². The number of alkyl halides is 3. The van der Waals surface area contributed by atoms with Crippen molar-refractivity contribution in [2.24, 2.45) is 0 Å². The molecule has 2 N–H and O–H groups in total. The Hall–Kier alpha value is -3.62. The second kappa shape index (κ2) is 9.67. The topological polar surface area (TPSA) is 63.2 Å². The van der Waals surface area contributed by atoms with Crippen molar-refractivity contribution in [1.29, 1.82) is 0 Å². The summed E-state index contributed by atoms with van der Waals surface area (Å²) in [7, 11) is 0. The lowest BCUT2D eigenvalue weighted by atomic mass is 9.98. The second-order valence-corrected chi connectivity index (χ2v) is 7.32. The molecule has 5 nitrogen and oxygen atoms in total. The maximum Gasteiger partial charge on any atom is 0.573 e. The molecule has 1 heterocycles.